The number of ether oxygens (including phenoxy) is 1. The number of nitrogens with zero attached hydrogens (tertiary/aromatic N) is 2. The second kappa shape index (κ2) is 9.56. The molecule has 2 aromatic rings. The van der Waals surface area contributed by atoms with Crippen LogP contribution in [0.4, 0.5) is 18.9 Å². The van der Waals surface area contributed by atoms with E-state index in [9.17, 15) is 22.8 Å². The van der Waals surface area contributed by atoms with E-state index < -0.39 is 29.3 Å². The molecule has 0 bridgehead atoms. The van der Waals surface area contributed by atoms with Gasteiger partial charge in [-0.1, -0.05) is 6.92 Å². The molecule has 11 heteroatoms. The summed E-state index contributed by atoms with van der Waals surface area (Å²) in [4.78, 5) is 23.6. The van der Waals surface area contributed by atoms with Gasteiger partial charge in [0.2, 0.25) is 5.91 Å². The van der Waals surface area contributed by atoms with Crippen LogP contribution in [0.1, 0.15) is 29.9 Å². The topological polar surface area (TPSA) is 99.2 Å². The van der Waals surface area contributed by atoms with E-state index in [2.05, 4.69) is 15.2 Å². The van der Waals surface area contributed by atoms with Gasteiger partial charge in [-0.15, -0.1) is 12.4 Å². The maximum absolute atomic E-state index is 13.5. The van der Waals surface area contributed by atoms with Crippen molar-refractivity contribution in [3.8, 4) is 5.69 Å². The zero-order valence-corrected chi connectivity index (χ0v) is 15.9. The van der Waals surface area contributed by atoms with Crippen molar-refractivity contribution in [1.82, 2.24) is 9.78 Å². The number of anilines is 1. The van der Waals surface area contributed by atoms with E-state index in [0.29, 0.717) is 10.4 Å². The van der Waals surface area contributed by atoms with Crippen molar-refractivity contribution < 1.29 is 27.5 Å². The summed E-state index contributed by atoms with van der Waals surface area (Å²) < 4.78 is 45.7. The predicted molar refractivity (Wildman–Crippen MR) is 98.6 cm³/mol. The first-order valence-electron chi connectivity index (χ1n) is 8.12. The second-order valence-corrected chi connectivity index (χ2v) is 5.71. The van der Waals surface area contributed by atoms with Crippen LogP contribution in [0, 0.1) is 5.92 Å². The number of halogens is 4. The van der Waals surface area contributed by atoms with E-state index in [1.165, 1.54) is 31.2 Å². The molecule has 154 valence electrons. The summed E-state index contributed by atoms with van der Waals surface area (Å²) in [6.07, 6.45) is -4.00. The van der Waals surface area contributed by atoms with Gasteiger partial charge in [-0.3, -0.25) is 4.79 Å². The monoisotopic (exact) mass is 420 g/mol. The number of rotatable bonds is 6. The van der Waals surface area contributed by atoms with Crippen molar-refractivity contribution in [3.63, 3.8) is 0 Å². The summed E-state index contributed by atoms with van der Waals surface area (Å²) in [6.45, 7) is 3.26. The number of esters is 1. The molecule has 2 rings (SSSR count). The lowest BCUT2D eigenvalue weighted by Gasteiger charge is -2.13. The highest BCUT2D eigenvalue weighted by atomic mass is 35.5. The lowest BCUT2D eigenvalue weighted by molar-refractivity contribution is -0.143. The minimum atomic E-state index is -4.82. The summed E-state index contributed by atoms with van der Waals surface area (Å²) >= 11 is 0. The summed E-state index contributed by atoms with van der Waals surface area (Å²) in [6, 6.07) is 5.56. The first-order valence-corrected chi connectivity index (χ1v) is 8.12. The molecule has 0 aliphatic heterocycles. The number of aromatic nitrogens is 2. The minimum Gasteiger partial charge on any atom is -0.462 e. The maximum Gasteiger partial charge on any atom is 0.434 e. The zero-order chi connectivity index (χ0) is 20.2. The third kappa shape index (κ3) is 5.23. The lowest BCUT2D eigenvalue weighted by Crippen LogP contribution is -2.26. The van der Waals surface area contributed by atoms with Gasteiger partial charge in [-0.2, -0.15) is 18.3 Å². The minimum absolute atomic E-state index is 0. The quantitative estimate of drug-likeness (QED) is 0.700. The highest BCUT2D eigenvalue weighted by molar-refractivity contribution is 5.92. The van der Waals surface area contributed by atoms with E-state index in [0.717, 1.165) is 6.20 Å². The molecule has 28 heavy (non-hydrogen) atoms. The number of carbonyl (C=O) groups is 2. The van der Waals surface area contributed by atoms with Crippen LogP contribution in [-0.4, -0.2) is 34.8 Å². The van der Waals surface area contributed by atoms with Crippen LogP contribution in [-0.2, 0) is 15.7 Å². The van der Waals surface area contributed by atoms with Crippen molar-refractivity contribution in [3.05, 3.63) is 41.7 Å². The summed E-state index contributed by atoms with van der Waals surface area (Å²) in [7, 11) is 0. The molecule has 0 aliphatic carbocycles. The fourth-order valence-electron chi connectivity index (χ4n) is 2.23. The van der Waals surface area contributed by atoms with Gasteiger partial charge >= 0.3 is 12.1 Å². The van der Waals surface area contributed by atoms with Crippen LogP contribution >= 0.6 is 12.4 Å². The van der Waals surface area contributed by atoms with Crippen LogP contribution < -0.4 is 11.1 Å². The number of nitrogens with one attached hydrogen (secondary N) is 1. The SMILES string of the molecule is CCOC(=O)c1cnn(-c2ccc(NC(=O)C(C)CN)cc2)c1C(F)(F)F.Cl. The number of amides is 1. The van der Waals surface area contributed by atoms with Crippen LogP contribution in [0.25, 0.3) is 5.69 Å². The van der Waals surface area contributed by atoms with Crippen LogP contribution in [0.15, 0.2) is 30.5 Å². The molecular weight excluding hydrogens is 401 g/mol. The average Bonchev–Trinajstić information content (AvgIpc) is 3.07. The Morgan fingerprint density at radius 1 is 1.29 bits per heavy atom. The van der Waals surface area contributed by atoms with Crippen molar-refractivity contribution in [2.75, 3.05) is 18.5 Å². The number of hydrogen-bond donors (Lipinski definition) is 2. The van der Waals surface area contributed by atoms with E-state index in [-0.39, 0.29) is 37.2 Å². The first kappa shape index (κ1) is 23.4. The lowest BCUT2D eigenvalue weighted by atomic mass is 10.1. The molecule has 1 unspecified atom stereocenters. The summed E-state index contributed by atoms with van der Waals surface area (Å²) in [5, 5.41) is 6.29. The number of hydrogen-bond acceptors (Lipinski definition) is 5. The van der Waals surface area contributed by atoms with Crippen LogP contribution in [0.2, 0.25) is 0 Å². The predicted octanol–water partition coefficient (Wildman–Crippen LogP) is 3.02. The third-order valence-corrected chi connectivity index (χ3v) is 3.71. The number of benzene rings is 1. The molecule has 1 aromatic heterocycles. The van der Waals surface area contributed by atoms with Crippen molar-refractivity contribution >= 4 is 30.0 Å². The Kier molecular flexibility index (Phi) is 8.01. The van der Waals surface area contributed by atoms with Crippen molar-refractivity contribution in [2.24, 2.45) is 11.7 Å². The number of nitrogens with two attached hydrogens (primary N) is 1. The Bertz CT molecular complexity index is 822. The molecule has 0 radical (unpaired) electrons. The van der Waals surface area contributed by atoms with E-state index in [4.69, 9.17) is 5.73 Å². The number of carbonyl (C=O) groups excluding carboxylic acids is 2. The standard InChI is InChI=1S/C17H19F3N4O3.ClH/c1-3-27-16(26)13-9-22-24(14(13)17(18,19)20)12-6-4-11(5-7-12)23-15(25)10(2)8-21;/h4-7,9-10H,3,8,21H2,1-2H3,(H,23,25);1H. The number of alkyl halides is 3. The normalized spacial score (nSPS) is 12.1. The van der Waals surface area contributed by atoms with Crippen LogP contribution in [0.3, 0.4) is 0 Å². The molecule has 0 saturated heterocycles. The zero-order valence-electron chi connectivity index (χ0n) is 15.1. The van der Waals surface area contributed by atoms with Gasteiger partial charge in [0.05, 0.1) is 18.5 Å². The molecule has 1 amide bonds. The Balaban J connectivity index is 0.00000392. The largest absolute Gasteiger partial charge is 0.462 e. The Labute approximate surface area is 165 Å². The van der Waals surface area contributed by atoms with Gasteiger partial charge in [0, 0.05) is 18.2 Å². The van der Waals surface area contributed by atoms with E-state index >= 15 is 0 Å². The molecule has 1 heterocycles. The fraction of sp³-hybridized carbons (Fsp3) is 0.353. The molecule has 7 nitrogen and oxygen atoms in total. The van der Waals surface area contributed by atoms with Gasteiger partial charge in [-0.25, -0.2) is 9.48 Å². The van der Waals surface area contributed by atoms with Gasteiger partial charge in [-0.05, 0) is 31.2 Å². The molecule has 0 aliphatic rings. The van der Waals surface area contributed by atoms with Gasteiger partial charge in [0.15, 0.2) is 5.69 Å². The van der Waals surface area contributed by atoms with Gasteiger partial charge in [0.25, 0.3) is 0 Å². The molecule has 1 atom stereocenters. The molecule has 0 spiro atoms. The van der Waals surface area contributed by atoms with E-state index in [1.54, 1.807) is 6.92 Å². The van der Waals surface area contributed by atoms with Gasteiger partial charge in [0.1, 0.15) is 5.56 Å². The summed E-state index contributed by atoms with van der Waals surface area (Å²) in [5.74, 6) is -1.81. The summed E-state index contributed by atoms with van der Waals surface area (Å²) in [5.41, 5.74) is 3.99. The van der Waals surface area contributed by atoms with Crippen LogP contribution in [0.5, 0.6) is 0 Å². The fourth-order valence-corrected chi connectivity index (χ4v) is 2.23. The Morgan fingerprint density at radius 3 is 2.39 bits per heavy atom. The average molecular weight is 421 g/mol. The highest BCUT2D eigenvalue weighted by Crippen LogP contribution is 2.34. The molecule has 1 aromatic carbocycles. The highest BCUT2D eigenvalue weighted by Gasteiger charge is 2.41. The first-order chi connectivity index (χ1) is 12.7. The Hall–Kier alpha value is -2.59. The molecule has 0 fully saturated rings. The smallest absolute Gasteiger partial charge is 0.434 e. The Morgan fingerprint density at radius 2 is 1.89 bits per heavy atom. The maximum atomic E-state index is 13.5. The second-order valence-electron chi connectivity index (χ2n) is 5.71. The van der Waals surface area contributed by atoms with E-state index in [1.807, 2.05) is 0 Å². The van der Waals surface area contributed by atoms with Gasteiger partial charge < -0.3 is 15.8 Å². The molecule has 3 N–H and O–H groups in total. The molecule has 0 saturated carbocycles. The molecular formula is C17H20ClF3N4O3. The third-order valence-electron chi connectivity index (χ3n) is 3.71. The van der Waals surface area contributed by atoms with Crippen molar-refractivity contribution in [2.45, 2.75) is 20.0 Å². The van der Waals surface area contributed by atoms with Crippen molar-refractivity contribution in [1.29, 1.82) is 0 Å².